The standard InChI is InChI=1S/C12H17N3OS/c1-15(6-3-7-17-2)12-14-10-5-4-9(13)8-11(10)16-12/h4-5,8H,3,6-7,13H2,1-2H3. The van der Waals surface area contributed by atoms with Crippen LogP contribution in [0.15, 0.2) is 22.6 Å². The average molecular weight is 251 g/mol. The van der Waals surface area contributed by atoms with Crippen LogP contribution in [0.3, 0.4) is 0 Å². The summed E-state index contributed by atoms with van der Waals surface area (Å²) in [6.45, 7) is 0.948. The van der Waals surface area contributed by atoms with Gasteiger partial charge in [-0.25, -0.2) is 0 Å². The molecule has 1 aromatic heterocycles. The Balaban J connectivity index is 2.12. The van der Waals surface area contributed by atoms with Gasteiger partial charge in [-0.15, -0.1) is 0 Å². The highest BCUT2D eigenvalue weighted by molar-refractivity contribution is 7.98. The van der Waals surface area contributed by atoms with Crippen molar-refractivity contribution in [3.8, 4) is 0 Å². The summed E-state index contributed by atoms with van der Waals surface area (Å²) in [4.78, 5) is 6.46. The second-order valence-electron chi connectivity index (χ2n) is 3.99. The zero-order valence-electron chi connectivity index (χ0n) is 10.1. The van der Waals surface area contributed by atoms with E-state index in [9.17, 15) is 0 Å². The number of benzene rings is 1. The summed E-state index contributed by atoms with van der Waals surface area (Å²) in [5.74, 6) is 1.15. The van der Waals surface area contributed by atoms with E-state index in [1.165, 1.54) is 0 Å². The fraction of sp³-hybridized carbons (Fsp3) is 0.417. The van der Waals surface area contributed by atoms with Crippen LogP contribution in [0.1, 0.15) is 6.42 Å². The molecule has 0 atom stereocenters. The molecule has 17 heavy (non-hydrogen) atoms. The molecule has 0 aliphatic heterocycles. The van der Waals surface area contributed by atoms with Crippen molar-refractivity contribution in [1.82, 2.24) is 4.98 Å². The molecule has 0 radical (unpaired) electrons. The number of oxazole rings is 1. The summed E-state index contributed by atoms with van der Waals surface area (Å²) in [5.41, 5.74) is 8.00. The molecule has 5 heteroatoms. The molecule has 0 aliphatic rings. The number of hydrogen-bond acceptors (Lipinski definition) is 5. The van der Waals surface area contributed by atoms with E-state index < -0.39 is 0 Å². The van der Waals surface area contributed by atoms with Gasteiger partial charge in [-0.2, -0.15) is 16.7 Å². The molecule has 1 aromatic carbocycles. The molecule has 1 heterocycles. The molecule has 2 rings (SSSR count). The van der Waals surface area contributed by atoms with E-state index in [1.807, 2.05) is 41.9 Å². The maximum atomic E-state index is 5.70. The predicted molar refractivity (Wildman–Crippen MR) is 74.7 cm³/mol. The highest BCUT2D eigenvalue weighted by Crippen LogP contribution is 2.23. The number of hydrogen-bond donors (Lipinski definition) is 1. The Labute approximate surface area is 105 Å². The molecule has 0 saturated heterocycles. The normalized spacial score (nSPS) is 10.9. The van der Waals surface area contributed by atoms with Crippen LogP contribution in [-0.2, 0) is 0 Å². The van der Waals surface area contributed by atoms with E-state index >= 15 is 0 Å². The quantitative estimate of drug-likeness (QED) is 0.654. The fourth-order valence-corrected chi connectivity index (χ4v) is 2.05. The van der Waals surface area contributed by atoms with Crippen molar-refractivity contribution in [1.29, 1.82) is 0 Å². The lowest BCUT2D eigenvalue weighted by atomic mass is 10.3. The van der Waals surface area contributed by atoms with Gasteiger partial charge < -0.3 is 15.1 Å². The Morgan fingerprint density at radius 2 is 2.29 bits per heavy atom. The number of nitrogens with two attached hydrogens (primary N) is 1. The van der Waals surface area contributed by atoms with Crippen molar-refractivity contribution in [3.05, 3.63) is 18.2 Å². The maximum absolute atomic E-state index is 5.70. The first-order valence-electron chi connectivity index (χ1n) is 5.57. The molecule has 0 amide bonds. The van der Waals surface area contributed by atoms with E-state index in [0.717, 1.165) is 29.8 Å². The minimum atomic E-state index is 0.659. The zero-order valence-corrected chi connectivity index (χ0v) is 11.0. The number of fused-ring (bicyclic) bond motifs is 1. The molecule has 4 nitrogen and oxygen atoms in total. The molecule has 92 valence electrons. The van der Waals surface area contributed by atoms with Gasteiger partial charge in [-0.05, 0) is 30.6 Å². The first kappa shape index (κ1) is 12.1. The Kier molecular flexibility index (Phi) is 3.78. The minimum Gasteiger partial charge on any atom is -0.423 e. The van der Waals surface area contributed by atoms with Crippen LogP contribution in [0.4, 0.5) is 11.7 Å². The Morgan fingerprint density at radius 3 is 3.06 bits per heavy atom. The topological polar surface area (TPSA) is 55.3 Å². The number of rotatable bonds is 5. The average Bonchev–Trinajstić information content (AvgIpc) is 2.72. The Bertz CT molecular complexity index is 497. The molecular formula is C12H17N3OS. The van der Waals surface area contributed by atoms with E-state index in [1.54, 1.807) is 0 Å². The van der Waals surface area contributed by atoms with Gasteiger partial charge in [0, 0.05) is 25.3 Å². The molecule has 0 unspecified atom stereocenters. The van der Waals surface area contributed by atoms with E-state index in [2.05, 4.69) is 11.2 Å². The number of anilines is 2. The second-order valence-corrected chi connectivity index (χ2v) is 4.98. The lowest BCUT2D eigenvalue weighted by molar-refractivity contribution is 0.582. The van der Waals surface area contributed by atoms with Crippen LogP contribution >= 0.6 is 11.8 Å². The molecule has 0 aliphatic carbocycles. The third-order valence-electron chi connectivity index (χ3n) is 2.57. The van der Waals surface area contributed by atoms with Gasteiger partial charge in [-0.3, -0.25) is 0 Å². The van der Waals surface area contributed by atoms with Crippen molar-refractivity contribution in [2.75, 3.05) is 36.2 Å². The fourth-order valence-electron chi connectivity index (χ4n) is 1.63. The molecular weight excluding hydrogens is 234 g/mol. The highest BCUT2D eigenvalue weighted by Gasteiger charge is 2.09. The number of thioether (sulfide) groups is 1. The van der Waals surface area contributed by atoms with Crippen molar-refractivity contribution >= 4 is 34.6 Å². The Morgan fingerprint density at radius 1 is 1.47 bits per heavy atom. The van der Waals surface area contributed by atoms with Crippen LogP contribution in [0.2, 0.25) is 0 Å². The number of nitrogen functional groups attached to an aromatic ring is 1. The van der Waals surface area contributed by atoms with Gasteiger partial charge in [0.2, 0.25) is 0 Å². The van der Waals surface area contributed by atoms with Crippen LogP contribution in [0, 0.1) is 0 Å². The summed E-state index contributed by atoms with van der Waals surface area (Å²) < 4.78 is 5.67. The third kappa shape index (κ3) is 2.85. The van der Waals surface area contributed by atoms with Gasteiger partial charge in [-0.1, -0.05) is 0 Å². The summed E-state index contributed by atoms with van der Waals surface area (Å²) in [7, 11) is 1.99. The van der Waals surface area contributed by atoms with Crippen molar-refractivity contribution in [3.63, 3.8) is 0 Å². The lowest BCUT2D eigenvalue weighted by Crippen LogP contribution is -2.19. The summed E-state index contributed by atoms with van der Waals surface area (Å²) in [6.07, 6.45) is 3.24. The van der Waals surface area contributed by atoms with Crippen molar-refractivity contribution in [2.45, 2.75) is 6.42 Å². The maximum Gasteiger partial charge on any atom is 0.298 e. The van der Waals surface area contributed by atoms with Crippen LogP contribution in [0.5, 0.6) is 0 Å². The van der Waals surface area contributed by atoms with Crippen molar-refractivity contribution < 1.29 is 4.42 Å². The molecule has 0 saturated carbocycles. The monoisotopic (exact) mass is 251 g/mol. The molecule has 0 bridgehead atoms. The summed E-state index contributed by atoms with van der Waals surface area (Å²) >= 11 is 1.85. The van der Waals surface area contributed by atoms with Crippen LogP contribution in [0.25, 0.3) is 11.1 Å². The summed E-state index contributed by atoms with van der Waals surface area (Å²) in [5, 5.41) is 0. The van der Waals surface area contributed by atoms with Crippen molar-refractivity contribution in [2.24, 2.45) is 0 Å². The van der Waals surface area contributed by atoms with Crippen LogP contribution < -0.4 is 10.6 Å². The van der Waals surface area contributed by atoms with Gasteiger partial charge in [0.05, 0.1) is 0 Å². The molecule has 2 N–H and O–H groups in total. The smallest absolute Gasteiger partial charge is 0.298 e. The van der Waals surface area contributed by atoms with Crippen LogP contribution in [-0.4, -0.2) is 30.6 Å². The van der Waals surface area contributed by atoms with Gasteiger partial charge in [0.1, 0.15) is 5.52 Å². The molecule has 2 aromatic rings. The number of nitrogens with zero attached hydrogens (tertiary/aromatic N) is 2. The minimum absolute atomic E-state index is 0.659. The zero-order chi connectivity index (χ0) is 12.3. The van der Waals surface area contributed by atoms with E-state index in [0.29, 0.717) is 11.7 Å². The highest BCUT2D eigenvalue weighted by atomic mass is 32.2. The second kappa shape index (κ2) is 5.31. The largest absolute Gasteiger partial charge is 0.423 e. The summed E-state index contributed by atoms with van der Waals surface area (Å²) in [6, 6.07) is 6.18. The van der Waals surface area contributed by atoms with Gasteiger partial charge in [0.25, 0.3) is 6.01 Å². The first-order valence-corrected chi connectivity index (χ1v) is 6.96. The van der Waals surface area contributed by atoms with Gasteiger partial charge in [0.15, 0.2) is 5.58 Å². The van der Waals surface area contributed by atoms with Gasteiger partial charge >= 0.3 is 0 Å². The van der Waals surface area contributed by atoms with E-state index in [4.69, 9.17) is 10.2 Å². The SMILES string of the molecule is CSCCCN(C)c1nc2ccc(N)cc2o1. The third-order valence-corrected chi connectivity index (χ3v) is 3.27. The molecule has 0 fully saturated rings. The lowest BCUT2D eigenvalue weighted by Gasteiger charge is -2.13. The Hall–Kier alpha value is -1.36. The number of aromatic nitrogens is 1. The predicted octanol–water partition coefficient (Wildman–Crippen LogP) is 2.60. The van der Waals surface area contributed by atoms with E-state index in [-0.39, 0.29) is 0 Å². The first-order chi connectivity index (χ1) is 8.20. The molecule has 0 spiro atoms.